The van der Waals surface area contributed by atoms with Gasteiger partial charge in [-0.2, -0.15) is 18.2 Å². The van der Waals surface area contributed by atoms with E-state index < -0.39 is 11.9 Å². The Labute approximate surface area is 117 Å². The molecule has 0 unspecified atom stereocenters. The Morgan fingerprint density at radius 2 is 1.65 bits per heavy atom. The minimum Gasteiger partial charge on any atom is -0.368 e. The molecular formula is C13H21F3N4. The van der Waals surface area contributed by atoms with E-state index in [0.29, 0.717) is 13.1 Å². The standard InChI is InChI=1S/C13H21F3N4/c1-3-5-7-20(8-6-4-2)11-9-10(13(14,15)16)18-12(17)19-11/h9H,3-8H2,1-2H3,(H2,17,18,19). The molecule has 1 heterocycles. The van der Waals surface area contributed by atoms with Crippen LogP contribution in [0.2, 0.25) is 0 Å². The van der Waals surface area contributed by atoms with Crippen LogP contribution in [0, 0.1) is 0 Å². The number of nitrogens with zero attached hydrogens (tertiary/aromatic N) is 3. The molecule has 4 nitrogen and oxygen atoms in total. The van der Waals surface area contributed by atoms with Gasteiger partial charge in [0.25, 0.3) is 0 Å². The van der Waals surface area contributed by atoms with Crippen LogP contribution in [-0.4, -0.2) is 23.1 Å². The number of alkyl halides is 3. The van der Waals surface area contributed by atoms with Crippen LogP contribution in [0.15, 0.2) is 6.07 Å². The van der Waals surface area contributed by atoms with Gasteiger partial charge in [-0.3, -0.25) is 0 Å². The van der Waals surface area contributed by atoms with Crippen LogP contribution in [0.25, 0.3) is 0 Å². The molecule has 0 atom stereocenters. The van der Waals surface area contributed by atoms with Gasteiger partial charge in [0.1, 0.15) is 5.82 Å². The van der Waals surface area contributed by atoms with Crippen molar-refractivity contribution in [1.82, 2.24) is 9.97 Å². The summed E-state index contributed by atoms with van der Waals surface area (Å²) in [5, 5.41) is 0. The molecule has 0 spiro atoms. The van der Waals surface area contributed by atoms with Crippen molar-refractivity contribution in [1.29, 1.82) is 0 Å². The number of unbranched alkanes of at least 4 members (excludes halogenated alkanes) is 2. The van der Waals surface area contributed by atoms with Gasteiger partial charge in [0.05, 0.1) is 0 Å². The van der Waals surface area contributed by atoms with Crippen molar-refractivity contribution in [2.24, 2.45) is 0 Å². The van der Waals surface area contributed by atoms with E-state index in [1.165, 1.54) is 0 Å². The highest BCUT2D eigenvalue weighted by Crippen LogP contribution is 2.30. The zero-order chi connectivity index (χ0) is 15.2. The van der Waals surface area contributed by atoms with Crippen LogP contribution in [0.1, 0.15) is 45.2 Å². The van der Waals surface area contributed by atoms with Crippen molar-refractivity contribution in [3.63, 3.8) is 0 Å². The molecule has 0 amide bonds. The lowest BCUT2D eigenvalue weighted by atomic mass is 10.2. The van der Waals surface area contributed by atoms with Gasteiger partial charge in [-0.25, -0.2) is 4.98 Å². The van der Waals surface area contributed by atoms with E-state index >= 15 is 0 Å². The Morgan fingerprint density at radius 1 is 1.10 bits per heavy atom. The molecule has 0 aromatic carbocycles. The van der Waals surface area contributed by atoms with Gasteiger partial charge >= 0.3 is 6.18 Å². The van der Waals surface area contributed by atoms with Crippen LogP contribution in [0.3, 0.4) is 0 Å². The molecule has 2 N–H and O–H groups in total. The van der Waals surface area contributed by atoms with Gasteiger partial charge in [0.2, 0.25) is 5.95 Å². The van der Waals surface area contributed by atoms with Crippen LogP contribution in [0.5, 0.6) is 0 Å². The van der Waals surface area contributed by atoms with Crippen molar-refractivity contribution in [2.75, 3.05) is 23.7 Å². The van der Waals surface area contributed by atoms with Crippen molar-refractivity contribution in [3.8, 4) is 0 Å². The predicted molar refractivity (Wildman–Crippen MR) is 73.5 cm³/mol. The lowest BCUT2D eigenvalue weighted by molar-refractivity contribution is -0.141. The molecule has 114 valence electrons. The summed E-state index contributed by atoms with van der Waals surface area (Å²) < 4.78 is 38.3. The van der Waals surface area contributed by atoms with Crippen molar-refractivity contribution >= 4 is 11.8 Å². The van der Waals surface area contributed by atoms with Crippen LogP contribution < -0.4 is 10.6 Å². The number of nitrogens with two attached hydrogens (primary N) is 1. The fraction of sp³-hybridized carbons (Fsp3) is 0.692. The maximum absolute atomic E-state index is 12.8. The quantitative estimate of drug-likeness (QED) is 0.835. The number of anilines is 2. The molecule has 0 saturated carbocycles. The number of nitrogen functional groups attached to an aromatic ring is 1. The normalized spacial score (nSPS) is 11.7. The van der Waals surface area contributed by atoms with Gasteiger partial charge in [-0.05, 0) is 12.8 Å². The van der Waals surface area contributed by atoms with Crippen LogP contribution in [-0.2, 0) is 6.18 Å². The molecule has 0 radical (unpaired) electrons. The van der Waals surface area contributed by atoms with Gasteiger partial charge in [-0.1, -0.05) is 26.7 Å². The maximum atomic E-state index is 12.8. The first-order valence-electron chi connectivity index (χ1n) is 6.85. The summed E-state index contributed by atoms with van der Waals surface area (Å²) in [4.78, 5) is 9.06. The van der Waals surface area contributed by atoms with E-state index in [4.69, 9.17) is 5.73 Å². The average Bonchev–Trinajstić information content (AvgIpc) is 2.37. The molecule has 1 rings (SSSR count). The highest BCUT2D eigenvalue weighted by atomic mass is 19.4. The van der Waals surface area contributed by atoms with E-state index in [2.05, 4.69) is 9.97 Å². The zero-order valence-electron chi connectivity index (χ0n) is 11.9. The molecule has 7 heteroatoms. The second-order valence-corrected chi connectivity index (χ2v) is 4.66. The molecule has 20 heavy (non-hydrogen) atoms. The number of halogens is 3. The van der Waals surface area contributed by atoms with Gasteiger partial charge in [-0.15, -0.1) is 0 Å². The second kappa shape index (κ2) is 7.31. The van der Waals surface area contributed by atoms with E-state index in [1.807, 2.05) is 18.7 Å². The molecular weight excluding hydrogens is 269 g/mol. The van der Waals surface area contributed by atoms with E-state index in [-0.39, 0.29) is 11.8 Å². The third kappa shape index (κ3) is 4.86. The Hall–Kier alpha value is -1.53. The fourth-order valence-electron chi connectivity index (χ4n) is 1.80. The third-order valence-electron chi connectivity index (χ3n) is 2.91. The van der Waals surface area contributed by atoms with Gasteiger partial charge in [0, 0.05) is 19.2 Å². The monoisotopic (exact) mass is 290 g/mol. The fourth-order valence-corrected chi connectivity index (χ4v) is 1.80. The molecule has 1 aromatic rings. The summed E-state index contributed by atoms with van der Waals surface area (Å²) in [6.07, 6.45) is -0.776. The summed E-state index contributed by atoms with van der Waals surface area (Å²) in [6.45, 7) is 5.41. The highest BCUT2D eigenvalue weighted by Gasteiger charge is 2.34. The predicted octanol–water partition coefficient (Wildman–Crippen LogP) is 3.48. The first kappa shape index (κ1) is 16.5. The molecule has 1 aromatic heterocycles. The largest absolute Gasteiger partial charge is 0.433 e. The summed E-state index contributed by atoms with van der Waals surface area (Å²) in [5.41, 5.74) is 4.41. The minimum absolute atomic E-state index is 0.256. The Balaban J connectivity index is 3.02. The van der Waals surface area contributed by atoms with E-state index in [0.717, 1.165) is 31.7 Å². The van der Waals surface area contributed by atoms with E-state index in [9.17, 15) is 13.2 Å². The Kier molecular flexibility index (Phi) is 6.04. The van der Waals surface area contributed by atoms with E-state index in [1.54, 1.807) is 0 Å². The Morgan fingerprint density at radius 3 is 2.10 bits per heavy atom. The lowest BCUT2D eigenvalue weighted by Gasteiger charge is -2.24. The number of hydrogen-bond acceptors (Lipinski definition) is 4. The smallest absolute Gasteiger partial charge is 0.368 e. The van der Waals surface area contributed by atoms with Crippen LogP contribution in [0.4, 0.5) is 24.9 Å². The van der Waals surface area contributed by atoms with Crippen molar-refractivity contribution in [2.45, 2.75) is 45.7 Å². The van der Waals surface area contributed by atoms with Gasteiger partial charge < -0.3 is 10.6 Å². The summed E-state index contributed by atoms with van der Waals surface area (Å²) in [7, 11) is 0. The van der Waals surface area contributed by atoms with Gasteiger partial charge in [0.15, 0.2) is 5.69 Å². The van der Waals surface area contributed by atoms with Crippen LogP contribution >= 0.6 is 0 Å². The highest BCUT2D eigenvalue weighted by molar-refractivity contribution is 5.44. The number of hydrogen-bond donors (Lipinski definition) is 1. The molecule has 0 aliphatic rings. The summed E-state index contributed by atoms with van der Waals surface area (Å²) in [6, 6.07) is 0.974. The zero-order valence-corrected chi connectivity index (χ0v) is 11.9. The molecule has 0 bridgehead atoms. The molecule has 0 aliphatic heterocycles. The first-order valence-corrected chi connectivity index (χ1v) is 6.85. The minimum atomic E-state index is -4.51. The van der Waals surface area contributed by atoms with Crippen molar-refractivity contribution < 1.29 is 13.2 Å². The number of rotatable bonds is 7. The van der Waals surface area contributed by atoms with Crippen molar-refractivity contribution in [3.05, 3.63) is 11.8 Å². The second-order valence-electron chi connectivity index (χ2n) is 4.66. The Bertz CT molecular complexity index is 413. The molecule has 0 aliphatic carbocycles. The summed E-state index contributed by atoms with van der Waals surface area (Å²) in [5.74, 6) is -0.0838. The first-order chi connectivity index (χ1) is 9.38. The molecule has 0 saturated heterocycles. The SMILES string of the molecule is CCCCN(CCCC)c1cc(C(F)(F)F)nc(N)n1. The summed E-state index contributed by atoms with van der Waals surface area (Å²) >= 11 is 0. The third-order valence-corrected chi connectivity index (χ3v) is 2.91. The topological polar surface area (TPSA) is 55.0 Å². The lowest BCUT2D eigenvalue weighted by Crippen LogP contribution is -2.27. The number of aromatic nitrogens is 2. The molecule has 0 fully saturated rings. The average molecular weight is 290 g/mol. The maximum Gasteiger partial charge on any atom is 0.433 e.